The van der Waals surface area contributed by atoms with E-state index < -0.39 is 5.97 Å². The monoisotopic (exact) mass is 218 g/mol. The molecule has 4 heteroatoms. The predicted octanol–water partition coefficient (Wildman–Crippen LogP) is 1.10. The van der Waals surface area contributed by atoms with Crippen LogP contribution in [-0.2, 0) is 6.42 Å². The van der Waals surface area contributed by atoms with Crippen LogP contribution in [0.25, 0.3) is 0 Å². The number of hydrogen-bond acceptors (Lipinski definition) is 4. The fourth-order valence-corrected chi connectivity index (χ4v) is 2.05. The molecular weight excluding hydrogens is 210 g/mol. The molecule has 0 fully saturated rings. The molecule has 3 nitrogen and oxygen atoms in total. The Morgan fingerprint density at radius 1 is 1.33 bits per heavy atom. The van der Waals surface area contributed by atoms with Crippen LogP contribution in [0, 0.1) is 0 Å². The maximum atomic E-state index is 10.5. The second-order valence-corrected chi connectivity index (χ2v) is 4.02. The lowest BCUT2D eigenvalue weighted by Crippen LogP contribution is -2.22. The first-order chi connectivity index (χ1) is 7.25. The molecule has 0 spiro atoms. The number of benzene rings is 1. The smallest absolute Gasteiger partial charge is 0.0977 e. The summed E-state index contributed by atoms with van der Waals surface area (Å²) in [5.41, 5.74) is 1.14. The fourth-order valence-electron chi connectivity index (χ4n) is 1.26. The highest BCUT2D eigenvalue weighted by atomic mass is 32.1. The molecule has 0 aliphatic rings. The van der Waals surface area contributed by atoms with Crippen molar-refractivity contribution in [1.82, 2.24) is 4.98 Å². The predicted molar refractivity (Wildman–Crippen MR) is 55.7 cm³/mol. The normalized spacial score (nSPS) is 10.1. The van der Waals surface area contributed by atoms with Gasteiger partial charge in [-0.3, -0.25) is 0 Å². The van der Waals surface area contributed by atoms with E-state index in [4.69, 9.17) is 0 Å². The maximum Gasteiger partial charge on any atom is 0.0977 e. The van der Waals surface area contributed by atoms with Crippen LogP contribution < -0.4 is 5.11 Å². The minimum absolute atomic E-state index is 0.0194. The van der Waals surface area contributed by atoms with Crippen LogP contribution >= 0.6 is 11.3 Å². The molecule has 15 heavy (non-hydrogen) atoms. The van der Waals surface area contributed by atoms with Gasteiger partial charge in [-0.15, -0.1) is 11.3 Å². The maximum absolute atomic E-state index is 10.5. The largest absolute Gasteiger partial charge is 0.543 e. The van der Waals surface area contributed by atoms with Crippen molar-refractivity contribution in [2.45, 2.75) is 6.42 Å². The first-order valence-corrected chi connectivity index (χ1v) is 5.33. The number of carboxylic acids is 1. The zero-order valence-corrected chi connectivity index (χ0v) is 8.66. The van der Waals surface area contributed by atoms with E-state index in [1.165, 1.54) is 16.7 Å². The first-order valence-electron chi connectivity index (χ1n) is 4.45. The minimum Gasteiger partial charge on any atom is -0.543 e. The van der Waals surface area contributed by atoms with Gasteiger partial charge in [-0.25, -0.2) is 4.98 Å². The van der Waals surface area contributed by atoms with Gasteiger partial charge in [0.25, 0.3) is 0 Å². The van der Waals surface area contributed by atoms with Crippen molar-refractivity contribution < 1.29 is 9.90 Å². The molecular formula is C11H8NO2S-. The Kier molecular flexibility index (Phi) is 2.78. The number of carbonyl (C=O) groups excluding carboxylic acids is 1. The van der Waals surface area contributed by atoms with Crippen molar-refractivity contribution in [2.24, 2.45) is 0 Å². The summed E-state index contributed by atoms with van der Waals surface area (Å²) in [6, 6.07) is 9.81. The van der Waals surface area contributed by atoms with E-state index in [0.29, 0.717) is 6.42 Å². The summed E-state index contributed by atoms with van der Waals surface area (Å²) in [6.45, 7) is 0. The average molecular weight is 218 g/mol. The molecule has 0 aliphatic heterocycles. The second kappa shape index (κ2) is 4.23. The van der Waals surface area contributed by atoms with E-state index in [0.717, 1.165) is 10.6 Å². The van der Waals surface area contributed by atoms with Crippen LogP contribution in [0.2, 0.25) is 0 Å². The van der Waals surface area contributed by atoms with Crippen LogP contribution in [0.1, 0.15) is 21.1 Å². The number of nitrogens with zero attached hydrogens (tertiary/aromatic N) is 1. The SMILES string of the molecule is O=C([O-])c1csc(Cc2ccccc2)n1. The van der Waals surface area contributed by atoms with Gasteiger partial charge in [0, 0.05) is 11.8 Å². The summed E-state index contributed by atoms with van der Waals surface area (Å²) in [5.74, 6) is -1.22. The van der Waals surface area contributed by atoms with E-state index in [2.05, 4.69) is 4.98 Å². The lowest BCUT2D eigenvalue weighted by molar-refractivity contribution is -0.255. The molecule has 2 aromatic rings. The lowest BCUT2D eigenvalue weighted by atomic mass is 10.2. The summed E-state index contributed by atoms with van der Waals surface area (Å²) in [4.78, 5) is 14.5. The molecule has 76 valence electrons. The number of hydrogen-bond donors (Lipinski definition) is 0. The Balaban J connectivity index is 2.15. The Labute approximate surface area is 91.0 Å². The molecule has 0 radical (unpaired) electrons. The number of carboxylic acid groups (broad SMARTS) is 1. The van der Waals surface area contributed by atoms with Gasteiger partial charge in [-0.2, -0.15) is 0 Å². The highest BCUT2D eigenvalue weighted by Crippen LogP contribution is 2.14. The van der Waals surface area contributed by atoms with Crippen molar-refractivity contribution in [3.05, 3.63) is 52.0 Å². The van der Waals surface area contributed by atoms with Crippen molar-refractivity contribution in [2.75, 3.05) is 0 Å². The van der Waals surface area contributed by atoms with E-state index in [9.17, 15) is 9.90 Å². The van der Waals surface area contributed by atoms with E-state index in [1.807, 2.05) is 30.3 Å². The quantitative estimate of drug-likeness (QED) is 0.775. The molecule has 0 unspecified atom stereocenters. The zero-order valence-electron chi connectivity index (χ0n) is 7.84. The number of carbonyl (C=O) groups is 1. The summed E-state index contributed by atoms with van der Waals surface area (Å²) in [5, 5.41) is 12.8. The second-order valence-electron chi connectivity index (χ2n) is 3.08. The van der Waals surface area contributed by atoms with Gasteiger partial charge < -0.3 is 9.90 Å². The molecule has 1 aromatic carbocycles. The average Bonchev–Trinajstić information content (AvgIpc) is 2.68. The van der Waals surface area contributed by atoms with E-state index in [-0.39, 0.29) is 5.69 Å². The van der Waals surface area contributed by atoms with Gasteiger partial charge in [0.15, 0.2) is 0 Å². The van der Waals surface area contributed by atoms with Gasteiger partial charge >= 0.3 is 0 Å². The highest BCUT2D eigenvalue weighted by Gasteiger charge is 2.03. The minimum atomic E-state index is -1.22. The van der Waals surface area contributed by atoms with E-state index in [1.54, 1.807) is 0 Å². The Morgan fingerprint density at radius 2 is 2.07 bits per heavy atom. The molecule has 0 saturated heterocycles. The van der Waals surface area contributed by atoms with Crippen molar-refractivity contribution >= 4 is 17.3 Å². The Morgan fingerprint density at radius 3 is 2.67 bits per heavy atom. The number of thiazole rings is 1. The molecule has 0 N–H and O–H groups in total. The molecule has 0 amide bonds. The van der Waals surface area contributed by atoms with Crippen LogP contribution in [0.3, 0.4) is 0 Å². The van der Waals surface area contributed by atoms with Crippen molar-refractivity contribution in [1.29, 1.82) is 0 Å². The zero-order chi connectivity index (χ0) is 10.7. The number of rotatable bonds is 3. The third-order valence-electron chi connectivity index (χ3n) is 1.96. The summed E-state index contributed by atoms with van der Waals surface area (Å²) >= 11 is 1.34. The highest BCUT2D eigenvalue weighted by molar-refractivity contribution is 7.09. The Hall–Kier alpha value is -1.68. The lowest BCUT2D eigenvalue weighted by Gasteiger charge is -1.96. The molecule has 2 rings (SSSR count). The third kappa shape index (κ3) is 2.41. The summed E-state index contributed by atoms with van der Waals surface area (Å²) in [6.07, 6.45) is 0.665. The third-order valence-corrected chi connectivity index (χ3v) is 2.81. The molecule has 1 heterocycles. The van der Waals surface area contributed by atoms with Gasteiger partial charge in [0.05, 0.1) is 16.7 Å². The molecule has 0 aliphatic carbocycles. The van der Waals surface area contributed by atoms with Gasteiger partial charge in [-0.1, -0.05) is 30.3 Å². The van der Waals surface area contributed by atoms with Crippen molar-refractivity contribution in [3.63, 3.8) is 0 Å². The van der Waals surface area contributed by atoms with Crippen LogP contribution in [-0.4, -0.2) is 11.0 Å². The van der Waals surface area contributed by atoms with Gasteiger partial charge in [0.1, 0.15) is 0 Å². The van der Waals surface area contributed by atoms with E-state index >= 15 is 0 Å². The van der Waals surface area contributed by atoms with Crippen LogP contribution in [0.15, 0.2) is 35.7 Å². The summed E-state index contributed by atoms with van der Waals surface area (Å²) < 4.78 is 0. The van der Waals surface area contributed by atoms with Gasteiger partial charge in [0.2, 0.25) is 0 Å². The van der Waals surface area contributed by atoms with Gasteiger partial charge in [-0.05, 0) is 5.56 Å². The molecule has 0 bridgehead atoms. The first kappa shape index (κ1) is 9.86. The van der Waals surface area contributed by atoms with Crippen molar-refractivity contribution in [3.8, 4) is 0 Å². The fraction of sp³-hybridized carbons (Fsp3) is 0.0909. The molecule has 1 aromatic heterocycles. The Bertz CT molecular complexity index is 464. The number of aromatic nitrogens is 1. The molecule has 0 atom stereocenters. The standard InChI is InChI=1S/C11H9NO2S/c13-11(14)9-7-15-10(12-9)6-8-4-2-1-3-5-8/h1-5,7H,6H2,(H,13,14)/p-1. The van der Waals surface area contributed by atoms with Crippen LogP contribution in [0.4, 0.5) is 0 Å². The topological polar surface area (TPSA) is 53.0 Å². The molecule has 0 saturated carbocycles. The summed E-state index contributed by atoms with van der Waals surface area (Å²) in [7, 11) is 0. The van der Waals surface area contributed by atoms with Crippen LogP contribution in [0.5, 0.6) is 0 Å². The number of aromatic carboxylic acids is 1.